The molecule has 2 N–H and O–H groups in total. The Labute approximate surface area is 123 Å². The molecule has 22 heavy (non-hydrogen) atoms. The quantitative estimate of drug-likeness (QED) is 0.890. The van der Waals surface area contributed by atoms with Crippen LogP contribution in [0.25, 0.3) is 0 Å². The summed E-state index contributed by atoms with van der Waals surface area (Å²) in [6, 6.07) is 3.76. The molecule has 1 heterocycles. The van der Waals surface area contributed by atoms with Gasteiger partial charge < -0.3 is 5.11 Å². The fraction of sp³-hybridized carbons (Fsp3) is 0.167. The Morgan fingerprint density at radius 2 is 1.77 bits per heavy atom. The highest BCUT2D eigenvalue weighted by atomic mass is 32.2. The van der Waals surface area contributed by atoms with Gasteiger partial charge >= 0.3 is 6.18 Å². The molecule has 0 spiro atoms. The molecule has 0 saturated carbocycles. The van der Waals surface area contributed by atoms with E-state index >= 15 is 0 Å². The van der Waals surface area contributed by atoms with Gasteiger partial charge in [0.25, 0.3) is 10.0 Å². The van der Waals surface area contributed by atoms with Crippen LogP contribution < -0.4 is 4.72 Å². The Kier molecular flexibility index (Phi) is 4.33. The van der Waals surface area contributed by atoms with Crippen molar-refractivity contribution >= 4 is 15.8 Å². The van der Waals surface area contributed by atoms with Crippen molar-refractivity contribution in [3.05, 3.63) is 47.9 Å². The van der Waals surface area contributed by atoms with Gasteiger partial charge in [0, 0.05) is 12.4 Å². The first kappa shape index (κ1) is 16.2. The van der Waals surface area contributed by atoms with Gasteiger partial charge in [-0.3, -0.25) is 9.71 Å². The summed E-state index contributed by atoms with van der Waals surface area (Å²) in [6.07, 6.45) is -2.47. The summed E-state index contributed by atoms with van der Waals surface area (Å²) in [5, 5.41) is 9.05. The lowest BCUT2D eigenvalue weighted by Crippen LogP contribution is -2.20. The molecule has 0 fully saturated rings. The molecule has 118 valence electrons. The molecule has 0 radical (unpaired) electrons. The normalized spacial score (nSPS) is 12.2. The predicted octanol–water partition coefficient (Wildman–Crippen LogP) is 1.79. The molecule has 1 aromatic heterocycles. The van der Waals surface area contributed by atoms with E-state index in [-0.39, 0.29) is 11.5 Å². The number of hydrogen-bond acceptors (Lipinski definition) is 5. The molecule has 2 aromatic rings. The number of benzene rings is 1. The summed E-state index contributed by atoms with van der Waals surface area (Å²) in [4.78, 5) is 6.41. The maximum Gasteiger partial charge on any atom is 0.417 e. The monoisotopic (exact) mass is 333 g/mol. The summed E-state index contributed by atoms with van der Waals surface area (Å²) in [7, 11) is -4.54. The van der Waals surface area contributed by atoms with Crippen LogP contribution in [-0.2, 0) is 22.8 Å². The number of aliphatic hydroxyl groups is 1. The van der Waals surface area contributed by atoms with E-state index in [9.17, 15) is 21.6 Å². The second kappa shape index (κ2) is 5.89. The zero-order valence-electron chi connectivity index (χ0n) is 10.9. The van der Waals surface area contributed by atoms with E-state index in [1.165, 1.54) is 12.3 Å². The molecule has 0 bridgehead atoms. The molecule has 0 aliphatic carbocycles. The third-order valence-electron chi connectivity index (χ3n) is 2.64. The summed E-state index contributed by atoms with van der Waals surface area (Å²) >= 11 is 0. The van der Waals surface area contributed by atoms with Gasteiger partial charge in [0.15, 0.2) is 5.82 Å². The first-order valence-electron chi connectivity index (χ1n) is 5.85. The minimum Gasteiger partial charge on any atom is -0.390 e. The molecule has 10 heteroatoms. The Morgan fingerprint density at radius 3 is 2.41 bits per heavy atom. The average Bonchev–Trinajstić information content (AvgIpc) is 2.46. The third-order valence-corrected chi connectivity index (χ3v) is 4.03. The van der Waals surface area contributed by atoms with Gasteiger partial charge in [-0.05, 0) is 12.1 Å². The lowest BCUT2D eigenvalue weighted by Gasteiger charge is -2.14. The largest absolute Gasteiger partial charge is 0.417 e. The van der Waals surface area contributed by atoms with Crippen molar-refractivity contribution in [1.82, 2.24) is 9.97 Å². The molecule has 6 nitrogen and oxygen atoms in total. The zero-order chi connectivity index (χ0) is 16.4. The highest BCUT2D eigenvalue weighted by Gasteiger charge is 2.37. The number of anilines is 1. The van der Waals surface area contributed by atoms with E-state index in [4.69, 9.17) is 5.11 Å². The van der Waals surface area contributed by atoms with Crippen LogP contribution in [0.1, 0.15) is 11.3 Å². The second-order valence-corrected chi connectivity index (χ2v) is 5.76. The lowest BCUT2D eigenvalue weighted by molar-refractivity contribution is -0.139. The number of nitrogens with one attached hydrogen (secondary N) is 1. The van der Waals surface area contributed by atoms with Gasteiger partial charge in [0.2, 0.25) is 0 Å². The molecule has 0 aliphatic rings. The van der Waals surface area contributed by atoms with Crippen molar-refractivity contribution in [2.24, 2.45) is 0 Å². The fourth-order valence-corrected chi connectivity index (χ4v) is 2.95. The number of alkyl halides is 3. The van der Waals surface area contributed by atoms with Gasteiger partial charge in [-0.1, -0.05) is 12.1 Å². The van der Waals surface area contributed by atoms with Gasteiger partial charge in [0.05, 0.1) is 17.1 Å². The van der Waals surface area contributed by atoms with Gasteiger partial charge in [-0.25, -0.2) is 13.4 Å². The molecule has 2 rings (SSSR count). The molecular weight excluding hydrogens is 323 g/mol. The number of hydrogen-bond donors (Lipinski definition) is 2. The van der Waals surface area contributed by atoms with Crippen LogP contribution >= 0.6 is 0 Å². The van der Waals surface area contributed by atoms with Crippen LogP contribution in [0.5, 0.6) is 0 Å². The predicted molar refractivity (Wildman–Crippen MR) is 70.2 cm³/mol. The van der Waals surface area contributed by atoms with Crippen LogP contribution in [0, 0.1) is 0 Å². The van der Waals surface area contributed by atoms with Crippen molar-refractivity contribution in [3.63, 3.8) is 0 Å². The Hall–Kier alpha value is -2.20. The first-order chi connectivity index (χ1) is 10.3. The number of sulfonamides is 1. The molecule has 0 amide bonds. The molecule has 0 atom stereocenters. The van der Waals surface area contributed by atoms with Crippen molar-refractivity contribution in [2.75, 3.05) is 4.72 Å². The van der Waals surface area contributed by atoms with E-state index < -0.39 is 33.3 Å². The minimum absolute atomic E-state index is 0.101. The molecular formula is C12H10F3N3O3S. The van der Waals surface area contributed by atoms with E-state index in [2.05, 4.69) is 9.97 Å². The topological polar surface area (TPSA) is 92.2 Å². The standard InChI is InChI=1S/C12H10F3N3O3S/c13-12(14,15)8-3-1-2-4-10(8)22(20,21)18-11-9(7-19)16-5-6-17-11/h1-6,19H,7H2,(H,17,18). The summed E-state index contributed by atoms with van der Waals surface area (Å²) in [6.45, 7) is -0.618. The van der Waals surface area contributed by atoms with E-state index in [1.807, 2.05) is 4.72 Å². The first-order valence-corrected chi connectivity index (χ1v) is 7.34. The van der Waals surface area contributed by atoms with Crippen molar-refractivity contribution < 1.29 is 26.7 Å². The van der Waals surface area contributed by atoms with Crippen LogP contribution in [0.15, 0.2) is 41.6 Å². The average molecular weight is 333 g/mol. The molecule has 0 unspecified atom stereocenters. The summed E-state index contributed by atoms with van der Waals surface area (Å²) in [5.41, 5.74) is -1.40. The van der Waals surface area contributed by atoms with Crippen molar-refractivity contribution in [2.45, 2.75) is 17.7 Å². The Morgan fingerprint density at radius 1 is 1.14 bits per heavy atom. The smallest absolute Gasteiger partial charge is 0.390 e. The molecule has 1 aromatic carbocycles. The molecule has 0 saturated heterocycles. The van der Waals surface area contributed by atoms with E-state index in [0.29, 0.717) is 6.07 Å². The van der Waals surface area contributed by atoms with Crippen molar-refractivity contribution in [1.29, 1.82) is 0 Å². The highest BCUT2D eigenvalue weighted by molar-refractivity contribution is 7.92. The van der Waals surface area contributed by atoms with Crippen LogP contribution in [0.3, 0.4) is 0 Å². The number of nitrogens with zero attached hydrogens (tertiary/aromatic N) is 2. The Balaban J connectivity index is 2.49. The van der Waals surface area contributed by atoms with Gasteiger partial charge in [-0.2, -0.15) is 13.2 Å². The second-order valence-electron chi connectivity index (χ2n) is 4.11. The van der Waals surface area contributed by atoms with E-state index in [1.54, 1.807) is 0 Å². The van der Waals surface area contributed by atoms with Crippen LogP contribution in [0.2, 0.25) is 0 Å². The summed E-state index contributed by atoms with van der Waals surface area (Å²) < 4.78 is 65.0. The maximum absolute atomic E-state index is 12.9. The summed E-state index contributed by atoms with van der Waals surface area (Å²) in [5.74, 6) is -0.332. The SMILES string of the molecule is O=S(=O)(Nc1nccnc1CO)c1ccccc1C(F)(F)F. The third kappa shape index (κ3) is 3.34. The Bertz CT molecular complexity index is 778. The highest BCUT2D eigenvalue weighted by Crippen LogP contribution is 2.34. The molecule has 0 aliphatic heterocycles. The lowest BCUT2D eigenvalue weighted by atomic mass is 10.2. The fourth-order valence-electron chi connectivity index (χ4n) is 1.69. The van der Waals surface area contributed by atoms with E-state index in [0.717, 1.165) is 18.3 Å². The van der Waals surface area contributed by atoms with Gasteiger partial charge in [-0.15, -0.1) is 0 Å². The van der Waals surface area contributed by atoms with Crippen molar-refractivity contribution in [3.8, 4) is 0 Å². The number of aliphatic hydroxyl groups excluding tert-OH is 1. The maximum atomic E-state index is 12.9. The zero-order valence-corrected chi connectivity index (χ0v) is 11.7. The van der Waals surface area contributed by atoms with Crippen LogP contribution in [-0.4, -0.2) is 23.5 Å². The minimum atomic E-state index is -4.83. The number of aromatic nitrogens is 2. The van der Waals surface area contributed by atoms with Crippen LogP contribution in [0.4, 0.5) is 19.0 Å². The number of rotatable bonds is 4. The van der Waals surface area contributed by atoms with Gasteiger partial charge in [0.1, 0.15) is 5.69 Å². The number of halogens is 3.